The van der Waals surface area contributed by atoms with E-state index < -0.39 is 0 Å². The smallest absolute Gasteiger partial charge is 0.333 e. The van der Waals surface area contributed by atoms with E-state index in [9.17, 15) is 9.90 Å². The summed E-state index contributed by atoms with van der Waals surface area (Å²) in [6.07, 6.45) is 6.37. The summed E-state index contributed by atoms with van der Waals surface area (Å²) >= 11 is 0. The summed E-state index contributed by atoms with van der Waals surface area (Å²) in [6.45, 7) is 5.59. The highest BCUT2D eigenvalue weighted by Gasteiger charge is 2.18. The largest absolute Gasteiger partial charge is 0.457 e. The molecule has 0 spiro atoms. The van der Waals surface area contributed by atoms with Crippen LogP contribution in [-0.2, 0) is 22.7 Å². The lowest BCUT2D eigenvalue weighted by Gasteiger charge is -2.23. The van der Waals surface area contributed by atoms with Crippen LogP contribution in [0.25, 0.3) is 11.1 Å². The molecule has 0 atom stereocenters. The van der Waals surface area contributed by atoms with Crippen LogP contribution in [0.15, 0.2) is 54.6 Å². The fourth-order valence-electron chi connectivity index (χ4n) is 3.76. The van der Waals surface area contributed by atoms with E-state index in [0.717, 1.165) is 22.3 Å². The van der Waals surface area contributed by atoms with E-state index in [2.05, 4.69) is 24.8 Å². The molecule has 27 heavy (non-hydrogen) atoms. The lowest BCUT2D eigenvalue weighted by atomic mass is 9.82. The van der Waals surface area contributed by atoms with Gasteiger partial charge in [-0.3, -0.25) is 0 Å². The average molecular weight is 364 g/mol. The van der Waals surface area contributed by atoms with Gasteiger partial charge in [-0.25, -0.2) is 4.79 Å². The summed E-state index contributed by atoms with van der Waals surface area (Å²) in [6, 6.07) is 14.4. The molecule has 1 saturated carbocycles. The first-order valence-corrected chi connectivity index (χ1v) is 9.74. The summed E-state index contributed by atoms with van der Waals surface area (Å²) in [5.74, 6) is 0.236. The highest BCUT2D eigenvalue weighted by molar-refractivity contribution is 5.87. The number of ether oxygens (including phenoxy) is 1. The van der Waals surface area contributed by atoms with Crippen LogP contribution >= 0.6 is 0 Å². The van der Waals surface area contributed by atoms with E-state index in [0.29, 0.717) is 11.5 Å². The van der Waals surface area contributed by atoms with E-state index in [-0.39, 0.29) is 19.2 Å². The number of hydrogen-bond acceptors (Lipinski definition) is 3. The fourth-order valence-corrected chi connectivity index (χ4v) is 3.76. The lowest BCUT2D eigenvalue weighted by Crippen LogP contribution is -2.08. The van der Waals surface area contributed by atoms with Gasteiger partial charge in [-0.2, -0.15) is 0 Å². The lowest BCUT2D eigenvalue weighted by molar-refractivity contribution is -0.140. The fraction of sp³-hybridized carbons (Fsp3) is 0.375. The zero-order valence-electron chi connectivity index (χ0n) is 16.0. The molecule has 2 aromatic carbocycles. The summed E-state index contributed by atoms with van der Waals surface area (Å²) in [5.41, 5.74) is 5.77. The van der Waals surface area contributed by atoms with E-state index in [1.807, 2.05) is 24.3 Å². The van der Waals surface area contributed by atoms with Gasteiger partial charge < -0.3 is 9.84 Å². The predicted octanol–water partition coefficient (Wildman–Crippen LogP) is 5.51. The Morgan fingerprint density at radius 1 is 1.11 bits per heavy atom. The molecule has 3 heteroatoms. The van der Waals surface area contributed by atoms with Crippen LogP contribution in [0.1, 0.15) is 61.6 Å². The Morgan fingerprint density at radius 3 is 2.44 bits per heavy atom. The average Bonchev–Trinajstić information content (AvgIpc) is 2.72. The Bertz CT molecular complexity index is 799. The van der Waals surface area contributed by atoms with Crippen LogP contribution in [0.2, 0.25) is 0 Å². The SMILES string of the molecule is C=C(C)C(=O)OCc1cc(C2CCCCC2)ccc1-c1ccc(CO)cc1. The molecule has 2 aromatic rings. The quantitative estimate of drug-likeness (QED) is 0.543. The third-order valence-corrected chi connectivity index (χ3v) is 5.36. The van der Waals surface area contributed by atoms with Crippen molar-refractivity contribution >= 4 is 5.97 Å². The van der Waals surface area contributed by atoms with Gasteiger partial charge in [0, 0.05) is 5.57 Å². The van der Waals surface area contributed by atoms with Crippen molar-refractivity contribution in [3.8, 4) is 11.1 Å². The van der Waals surface area contributed by atoms with Crippen molar-refractivity contribution < 1.29 is 14.6 Å². The molecular formula is C24H28O3. The summed E-state index contributed by atoms with van der Waals surface area (Å²) in [7, 11) is 0. The standard InChI is InChI=1S/C24H28O3/c1-17(2)24(26)27-16-22-14-21(19-6-4-3-5-7-19)12-13-23(22)20-10-8-18(15-25)9-11-20/h8-14,19,25H,1,3-7,15-16H2,2H3. The first-order valence-electron chi connectivity index (χ1n) is 9.74. The van der Waals surface area contributed by atoms with Gasteiger partial charge in [0.15, 0.2) is 0 Å². The minimum absolute atomic E-state index is 0.0317. The Labute approximate surface area is 161 Å². The Balaban J connectivity index is 1.91. The monoisotopic (exact) mass is 364 g/mol. The zero-order valence-corrected chi connectivity index (χ0v) is 16.0. The van der Waals surface area contributed by atoms with Gasteiger partial charge in [0.05, 0.1) is 6.61 Å². The topological polar surface area (TPSA) is 46.5 Å². The van der Waals surface area contributed by atoms with Crippen molar-refractivity contribution in [3.05, 3.63) is 71.3 Å². The number of hydrogen-bond donors (Lipinski definition) is 1. The summed E-state index contributed by atoms with van der Waals surface area (Å²) < 4.78 is 5.46. The molecule has 3 nitrogen and oxygen atoms in total. The summed E-state index contributed by atoms with van der Waals surface area (Å²) in [4.78, 5) is 11.9. The Kier molecular flexibility index (Phi) is 6.46. The van der Waals surface area contributed by atoms with Crippen molar-refractivity contribution in [3.63, 3.8) is 0 Å². The molecule has 0 amide bonds. The first kappa shape index (κ1) is 19.4. The maximum atomic E-state index is 11.9. The number of carbonyl (C=O) groups is 1. The molecule has 0 saturated heterocycles. The number of aliphatic hydroxyl groups is 1. The van der Waals surface area contributed by atoms with Crippen LogP contribution < -0.4 is 0 Å². The molecule has 142 valence electrons. The second-order valence-electron chi connectivity index (χ2n) is 7.46. The van der Waals surface area contributed by atoms with E-state index in [1.165, 1.54) is 37.7 Å². The van der Waals surface area contributed by atoms with E-state index in [4.69, 9.17) is 4.74 Å². The molecule has 0 aliphatic heterocycles. The molecule has 0 unspecified atom stereocenters. The molecule has 0 heterocycles. The van der Waals surface area contributed by atoms with Crippen molar-refractivity contribution in [1.29, 1.82) is 0 Å². The van der Waals surface area contributed by atoms with Gasteiger partial charge in [0.2, 0.25) is 0 Å². The van der Waals surface area contributed by atoms with Crippen LogP contribution in [0.4, 0.5) is 0 Å². The van der Waals surface area contributed by atoms with Gasteiger partial charge in [0.1, 0.15) is 6.61 Å². The van der Waals surface area contributed by atoms with Gasteiger partial charge in [0.25, 0.3) is 0 Å². The minimum atomic E-state index is -0.361. The minimum Gasteiger partial charge on any atom is -0.457 e. The summed E-state index contributed by atoms with van der Waals surface area (Å²) in [5, 5.41) is 9.27. The molecule has 1 fully saturated rings. The maximum absolute atomic E-state index is 11.9. The van der Waals surface area contributed by atoms with Gasteiger partial charge >= 0.3 is 5.97 Å². The molecule has 1 aliphatic rings. The van der Waals surface area contributed by atoms with Gasteiger partial charge in [-0.15, -0.1) is 0 Å². The number of carbonyl (C=O) groups excluding carboxylic acids is 1. The highest BCUT2D eigenvalue weighted by Crippen LogP contribution is 2.35. The second-order valence-corrected chi connectivity index (χ2v) is 7.46. The van der Waals surface area contributed by atoms with Crippen molar-refractivity contribution in [1.82, 2.24) is 0 Å². The van der Waals surface area contributed by atoms with Crippen molar-refractivity contribution in [2.75, 3.05) is 0 Å². The van der Waals surface area contributed by atoms with E-state index in [1.54, 1.807) is 6.92 Å². The highest BCUT2D eigenvalue weighted by atomic mass is 16.5. The number of aliphatic hydroxyl groups excluding tert-OH is 1. The molecule has 0 radical (unpaired) electrons. The van der Waals surface area contributed by atoms with E-state index >= 15 is 0 Å². The molecule has 0 bridgehead atoms. The van der Waals surface area contributed by atoms with Crippen LogP contribution in [0, 0.1) is 0 Å². The second kappa shape index (κ2) is 9.01. The zero-order chi connectivity index (χ0) is 19.2. The molecule has 3 rings (SSSR count). The van der Waals surface area contributed by atoms with Crippen LogP contribution in [0.5, 0.6) is 0 Å². The first-order chi connectivity index (χ1) is 13.1. The van der Waals surface area contributed by atoms with Gasteiger partial charge in [-0.1, -0.05) is 68.3 Å². The molecule has 1 aliphatic carbocycles. The normalized spacial score (nSPS) is 14.7. The Morgan fingerprint density at radius 2 is 1.81 bits per heavy atom. The Hall–Kier alpha value is -2.39. The molecule has 0 aromatic heterocycles. The number of rotatable bonds is 6. The van der Waals surface area contributed by atoms with Crippen LogP contribution in [0.3, 0.4) is 0 Å². The third kappa shape index (κ3) is 4.86. The third-order valence-electron chi connectivity index (χ3n) is 5.36. The van der Waals surface area contributed by atoms with Gasteiger partial charge in [-0.05, 0) is 53.5 Å². The predicted molar refractivity (Wildman–Crippen MR) is 108 cm³/mol. The van der Waals surface area contributed by atoms with Crippen molar-refractivity contribution in [2.24, 2.45) is 0 Å². The molecule has 1 N–H and O–H groups in total. The van der Waals surface area contributed by atoms with Crippen LogP contribution in [-0.4, -0.2) is 11.1 Å². The number of benzene rings is 2. The number of esters is 1. The van der Waals surface area contributed by atoms with Crippen molar-refractivity contribution in [2.45, 2.75) is 58.2 Å². The maximum Gasteiger partial charge on any atom is 0.333 e. The molecular weight excluding hydrogens is 336 g/mol.